The number of benzene rings is 2. The molecule has 10 nitrogen and oxygen atoms in total. The Morgan fingerprint density at radius 2 is 1.74 bits per heavy atom. The molecule has 1 amide bonds. The van der Waals surface area contributed by atoms with E-state index in [2.05, 4.69) is 27.4 Å². The van der Waals surface area contributed by atoms with Crippen LogP contribution in [0.3, 0.4) is 0 Å². The first-order valence-corrected chi connectivity index (χ1v) is 14.5. The lowest BCUT2D eigenvalue weighted by Crippen LogP contribution is -2.44. The van der Waals surface area contributed by atoms with Crippen LogP contribution in [0.2, 0.25) is 0 Å². The number of ether oxygens (including phenoxy) is 2. The zero-order chi connectivity index (χ0) is 30.2. The second kappa shape index (κ2) is 14.3. The van der Waals surface area contributed by atoms with E-state index in [1.165, 1.54) is 10.1 Å². The van der Waals surface area contributed by atoms with Gasteiger partial charge in [-0.25, -0.2) is 13.8 Å². The first kappa shape index (κ1) is 30.3. The molecule has 1 aliphatic heterocycles. The lowest BCUT2D eigenvalue weighted by Gasteiger charge is -2.29. The van der Waals surface area contributed by atoms with Crippen molar-refractivity contribution < 1.29 is 23.0 Å². The molecule has 228 valence electrons. The third-order valence-corrected chi connectivity index (χ3v) is 7.37. The fourth-order valence-corrected chi connectivity index (χ4v) is 5.17. The number of halogens is 2. The molecule has 1 atom stereocenters. The van der Waals surface area contributed by atoms with Crippen LogP contribution in [-0.4, -0.2) is 89.5 Å². The molecule has 4 aromatic rings. The Hall–Kier alpha value is -4.16. The molecule has 1 saturated heterocycles. The van der Waals surface area contributed by atoms with Crippen LogP contribution < -0.4 is 10.2 Å². The predicted octanol–water partition coefficient (Wildman–Crippen LogP) is 4.50. The summed E-state index contributed by atoms with van der Waals surface area (Å²) in [6.07, 6.45) is -1.18. The number of morpholine rings is 1. The smallest absolute Gasteiger partial charge is 0.296 e. The number of nitrogens with zero attached hydrogens (tertiary/aromatic N) is 6. The van der Waals surface area contributed by atoms with Crippen LogP contribution in [-0.2, 0) is 20.7 Å². The standard InChI is InChI=1S/C31H37F2N7O3/c1-22(30(41)39(15-18-42-2)14-8-11-23-9-4-3-5-10-23)34-31-36-26(38-16-19-43-20-17-38)21-27(37-31)40-25-13-7-6-12-24(25)35-29(40)28(32)33/h3-7,9-10,12-13,21-22,28H,8,11,14-20H2,1-2H3,(H,34,36,37)/t22-/m0/s1. The van der Waals surface area contributed by atoms with Crippen molar-refractivity contribution in [1.82, 2.24) is 24.4 Å². The molecular weight excluding hydrogens is 556 g/mol. The van der Waals surface area contributed by atoms with E-state index < -0.39 is 18.3 Å². The number of rotatable bonds is 13. The summed E-state index contributed by atoms with van der Waals surface area (Å²) in [6, 6.07) is 18.1. The van der Waals surface area contributed by atoms with E-state index in [-0.39, 0.29) is 17.7 Å². The second-order valence-corrected chi connectivity index (χ2v) is 10.4. The zero-order valence-corrected chi connectivity index (χ0v) is 24.5. The van der Waals surface area contributed by atoms with Gasteiger partial charge in [0.15, 0.2) is 5.82 Å². The first-order chi connectivity index (χ1) is 20.9. The number of anilines is 2. The van der Waals surface area contributed by atoms with Crippen molar-refractivity contribution in [3.8, 4) is 5.82 Å². The Labute approximate surface area is 249 Å². The molecule has 0 bridgehead atoms. The summed E-state index contributed by atoms with van der Waals surface area (Å²) in [5.41, 5.74) is 2.15. The maximum atomic E-state index is 14.2. The Balaban J connectivity index is 1.42. The van der Waals surface area contributed by atoms with Crippen molar-refractivity contribution in [1.29, 1.82) is 0 Å². The summed E-state index contributed by atoms with van der Waals surface area (Å²) in [5.74, 6) is 0.406. The normalized spacial score (nSPS) is 14.3. The molecule has 5 rings (SSSR count). The molecule has 1 fully saturated rings. The molecular formula is C31H37F2N7O3. The van der Waals surface area contributed by atoms with Gasteiger partial charge < -0.3 is 24.6 Å². The first-order valence-electron chi connectivity index (χ1n) is 14.5. The van der Waals surface area contributed by atoms with Gasteiger partial charge in [0.2, 0.25) is 11.9 Å². The molecule has 1 aliphatic rings. The number of hydrogen-bond donors (Lipinski definition) is 1. The number of aromatic nitrogens is 4. The third kappa shape index (κ3) is 7.44. The van der Waals surface area contributed by atoms with Crippen LogP contribution in [0.15, 0.2) is 60.7 Å². The van der Waals surface area contributed by atoms with Gasteiger partial charge in [-0.1, -0.05) is 42.5 Å². The molecule has 2 aromatic heterocycles. The van der Waals surface area contributed by atoms with Gasteiger partial charge in [0.25, 0.3) is 6.43 Å². The van der Waals surface area contributed by atoms with E-state index in [0.29, 0.717) is 62.9 Å². The fraction of sp³-hybridized carbons (Fsp3) is 0.419. The number of carbonyl (C=O) groups is 1. The van der Waals surface area contributed by atoms with Crippen molar-refractivity contribution in [3.05, 3.63) is 72.1 Å². The molecule has 0 aliphatic carbocycles. The highest BCUT2D eigenvalue weighted by atomic mass is 19.3. The Bertz CT molecular complexity index is 1500. The highest BCUT2D eigenvalue weighted by Gasteiger charge is 2.25. The molecule has 1 N–H and O–H groups in total. The van der Waals surface area contributed by atoms with E-state index in [0.717, 1.165) is 12.8 Å². The molecule has 12 heteroatoms. The Morgan fingerprint density at radius 3 is 2.49 bits per heavy atom. The van der Waals surface area contributed by atoms with Gasteiger partial charge in [-0.05, 0) is 37.5 Å². The summed E-state index contributed by atoms with van der Waals surface area (Å²) in [6.45, 7) is 5.36. The maximum absolute atomic E-state index is 14.2. The Kier molecular flexibility index (Phi) is 10.1. The highest BCUT2D eigenvalue weighted by Crippen LogP contribution is 2.29. The highest BCUT2D eigenvalue weighted by molar-refractivity contribution is 5.84. The van der Waals surface area contributed by atoms with Gasteiger partial charge >= 0.3 is 0 Å². The van der Waals surface area contributed by atoms with E-state index >= 15 is 0 Å². The average molecular weight is 594 g/mol. The number of imidazole rings is 1. The van der Waals surface area contributed by atoms with Gasteiger partial charge in [0.1, 0.15) is 17.7 Å². The Morgan fingerprint density at radius 1 is 1.02 bits per heavy atom. The molecule has 2 aromatic carbocycles. The average Bonchev–Trinajstić information content (AvgIpc) is 3.43. The molecule has 3 heterocycles. The number of hydrogen-bond acceptors (Lipinski definition) is 8. The predicted molar refractivity (Wildman–Crippen MR) is 161 cm³/mol. The molecule has 43 heavy (non-hydrogen) atoms. The largest absolute Gasteiger partial charge is 0.383 e. The summed E-state index contributed by atoms with van der Waals surface area (Å²) < 4.78 is 40.5. The van der Waals surface area contributed by atoms with Gasteiger partial charge in [-0.2, -0.15) is 9.97 Å². The minimum atomic E-state index is -2.82. The van der Waals surface area contributed by atoms with Gasteiger partial charge in [0, 0.05) is 39.4 Å². The van der Waals surface area contributed by atoms with Crippen molar-refractivity contribution >= 4 is 28.7 Å². The third-order valence-electron chi connectivity index (χ3n) is 7.37. The summed E-state index contributed by atoms with van der Waals surface area (Å²) in [7, 11) is 1.61. The van der Waals surface area contributed by atoms with Gasteiger partial charge in [-0.15, -0.1) is 0 Å². The van der Waals surface area contributed by atoms with Crippen molar-refractivity contribution in [2.45, 2.75) is 32.2 Å². The number of fused-ring (bicyclic) bond motifs is 1. The van der Waals surface area contributed by atoms with Crippen molar-refractivity contribution in [2.75, 3.05) is 63.3 Å². The number of nitrogens with one attached hydrogen (secondary N) is 1. The van der Waals surface area contributed by atoms with Crippen LogP contribution in [0.1, 0.15) is 31.2 Å². The van der Waals surface area contributed by atoms with Crippen molar-refractivity contribution in [3.63, 3.8) is 0 Å². The number of para-hydroxylation sites is 2. The summed E-state index contributed by atoms with van der Waals surface area (Å²) in [4.78, 5) is 30.9. The number of methoxy groups -OCH3 is 1. The summed E-state index contributed by atoms with van der Waals surface area (Å²) >= 11 is 0. The van der Waals surface area contributed by atoms with Crippen LogP contribution in [0.4, 0.5) is 20.5 Å². The van der Waals surface area contributed by atoms with Crippen LogP contribution in [0.5, 0.6) is 0 Å². The number of carbonyl (C=O) groups excluding carboxylic acids is 1. The molecule has 0 unspecified atom stereocenters. The van der Waals surface area contributed by atoms with Crippen molar-refractivity contribution in [2.24, 2.45) is 0 Å². The minimum Gasteiger partial charge on any atom is -0.383 e. The minimum absolute atomic E-state index is 0.131. The number of aryl methyl sites for hydroxylation is 1. The number of amides is 1. The topological polar surface area (TPSA) is 97.6 Å². The van der Waals surface area contributed by atoms with Gasteiger partial charge in [0.05, 0.1) is 30.9 Å². The molecule has 0 spiro atoms. The van der Waals surface area contributed by atoms with E-state index in [1.54, 1.807) is 49.3 Å². The lowest BCUT2D eigenvalue weighted by molar-refractivity contribution is -0.132. The maximum Gasteiger partial charge on any atom is 0.296 e. The van der Waals surface area contributed by atoms with Crippen LogP contribution >= 0.6 is 0 Å². The van der Waals surface area contributed by atoms with Crippen LogP contribution in [0.25, 0.3) is 16.9 Å². The van der Waals surface area contributed by atoms with E-state index in [4.69, 9.17) is 14.5 Å². The molecule has 0 radical (unpaired) electrons. The van der Waals surface area contributed by atoms with E-state index in [9.17, 15) is 13.6 Å². The van der Waals surface area contributed by atoms with Gasteiger partial charge in [-0.3, -0.25) is 9.36 Å². The monoisotopic (exact) mass is 593 g/mol. The second-order valence-electron chi connectivity index (χ2n) is 10.4. The zero-order valence-electron chi connectivity index (χ0n) is 24.5. The lowest BCUT2D eigenvalue weighted by atomic mass is 10.1. The SMILES string of the molecule is COCCN(CCCc1ccccc1)C(=O)[C@H](C)Nc1nc(N2CCOCC2)cc(-n2c(C(F)F)nc3ccccc32)n1. The van der Waals surface area contributed by atoms with Crippen LogP contribution in [0, 0.1) is 0 Å². The molecule has 0 saturated carbocycles. The quantitative estimate of drug-likeness (QED) is 0.242. The number of alkyl halides is 2. The fourth-order valence-electron chi connectivity index (χ4n) is 5.17. The van der Waals surface area contributed by atoms with E-state index in [1.807, 2.05) is 23.1 Å². The summed E-state index contributed by atoms with van der Waals surface area (Å²) in [5, 5.41) is 3.15.